The highest BCUT2D eigenvalue weighted by Crippen LogP contribution is 2.31. The quantitative estimate of drug-likeness (QED) is 0.745. The highest BCUT2D eigenvalue weighted by molar-refractivity contribution is 5.52. The Bertz CT molecular complexity index is 530. The third-order valence-electron chi connectivity index (χ3n) is 2.52. The van der Waals surface area contributed by atoms with E-state index in [1.165, 1.54) is 0 Å². The summed E-state index contributed by atoms with van der Waals surface area (Å²) in [6.45, 7) is 3.51. The van der Waals surface area contributed by atoms with E-state index in [0.29, 0.717) is 0 Å². The van der Waals surface area contributed by atoms with Gasteiger partial charge in [0, 0.05) is 12.0 Å². The second-order valence-electron chi connectivity index (χ2n) is 4.68. The van der Waals surface area contributed by atoms with Gasteiger partial charge in [0.05, 0.1) is 25.1 Å². The molecule has 1 rings (SSSR count). The number of aromatic amines is 1. The van der Waals surface area contributed by atoms with E-state index < -0.39 is 29.0 Å². The van der Waals surface area contributed by atoms with Crippen LogP contribution in [-0.2, 0) is 15.7 Å². The third-order valence-corrected chi connectivity index (χ3v) is 2.52. The zero-order valence-electron chi connectivity index (χ0n) is 11.5. The summed E-state index contributed by atoms with van der Waals surface area (Å²) in [4.78, 5) is 21.7. The molecule has 0 spiro atoms. The van der Waals surface area contributed by atoms with Crippen molar-refractivity contribution in [3.63, 3.8) is 0 Å². The molecule has 2 N–H and O–H groups in total. The van der Waals surface area contributed by atoms with E-state index in [1.54, 1.807) is 18.9 Å². The van der Waals surface area contributed by atoms with Crippen LogP contribution in [0.25, 0.3) is 0 Å². The van der Waals surface area contributed by atoms with Gasteiger partial charge in [-0.1, -0.05) is 6.92 Å². The smallest absolute Gasteiger partial charge is 0.379 e. The van der Waals surface area contributed by atoms with Crippen LogP contribution in [0.1, 0.15) is 19.4 Å². The van der Waals surface area contributed by atoms with Crippen LogP contribution in [0, 0.1) is 5.92 Å². The maximum atomic E-state index is 12.8. The Morgan fingerprint density at radius 2 is 2.10 bits per heavy atom. The Kier molecular flexibility index (Phi) is 5.89. The fraction of sp³-hybridized carbons (Fsp3) is 0.583. The number of hydrogen-bond donors (Lipinski definition) is 2. The van der Waals surface area contributed by atoms with Gasteiger partial charge in [-0.15, -0.1) is 0 Å². The molecule has 6 nitrogen and oxygen atoms in total. The zero-order valence-corrected chi connectivity index (χ0v) is 11.5. The van der Waals surface area contributed by atoms with Gasteiger partial charge >= 0.3 is 6.18 Å². The van der Waals surface area contributed by atoms with Crippen molar-refractivity contribution in [1.29, 1.82) is 0 Å². The van der Waals surface area contributed by atoms with E-state index >= 15 is 0 Å². The highest BCUT2D eigenvalue weighted by Gasteiger charge is 2.37. The molecule has 0 saturated carbocycles. The molecule has 9 heteroatoms. The minimum absolute atomic E-state index is 0.0856. The number of rotatable bonds is 7. The van der Waals surface area contributed by atoms with Crippen molar-refractivity contribution >= 4 is 12.0 Å². The normalized spacial score (nSPS) is 14.5. The second kappa shape index (κ2) is 7.21. The van der Waals surface area contributed by atoms with Crippen molar-refractivity contribution in [3.8, 4) is 0 Å². The lowest BCUT2D eigenvalue weighted by Gasteiger charge is -2.18. The summed E-state index contributed by atoms with van der Waals surface area (Å²) in [6.07, 6.45) is -3.17. The summed E-state index contributed by atoms with van der Waals surface area (Å²) in [5.41, 5.74) is -3.05. The van der Waals surface area contributed by atoms with Gasteiger partial charge in [0.25, 0.3) is 5.56 Å². The molecule has 1 aromatic heterocycles. The largest absolute Gasteiger partial charge is 0.423 e. The second-order valence-corrected chi connectivity index (χ2v) is 4.68. The number of hydrogen-bond acceptors (Lipinski definition) is 5. The highest BCUT2D eigenvalue weighted by atomic mass is 19.4. The molecule has 0 aliphatic heterocycles. The number of aromatic nitrogens is 2. The number of H-pyrrole nitrogens is 1. The van der Waals surface area contributed by atoms with Gasteiger partial charge in [-0.05, 0) is 6.92 Å². The molecule has 0 fully saturated rings. The lowest BCUT2D eigenvalue weighted by atomic mass is 10.2. The molecular formula is C12H16F3N3O3. The van der Waals surface area contributed by atoms with Gasteiger partial charge in [-0.2, -0.15) is 18.3 Å². The molecule has 0 amide bonds. The number of alkyl halides is 3. The van der Waals surface area contributed by atoms with Gasteiger partial charge in [-0.25, -0.2) is 5.10 Å². The first-order chi connectivity index (χ1) is 9.75. The fourth-order valence-electron chi connectivity index (χ4n) is 1.57. The Morgan fingerprint density at radius 3 is 2.67 bits per heavy atom. The lowest BCUT2D eigenvalue weighted by molar-refractivity contribution is -0.138. The monoisotopic (exact) mass is 307 g/mol. The first-order valence-electron chi connectivity index (χ1n) is 6.20. The van der Waals surface area contributed by atoms with E-state index in [9.17, 15) is 22.8 Å². The van der Waals surface area contributed by atoms with Gasteiger partial charge in [-0.3, -0.25) is 4.79 Å². The molecule has 1 aromatic rings. The molecule has 0 aromatic carbocycles. The first kappa shape index (κ1) is 17.2. The van der Waals surface area contributed by atoms with Crippen molar-refractivity contribution in [3.05, 3.63) is 22.1 Å². The molecule has 118 valence electrons. The van der Waals surface area contributed by atoms with Gasteiger partial charge in [0.15, 0.2) is 0 Å². The molecule has 0 bridgehead atoms. The number of anilines is 1. The average Bonchev–Trinajstić information content (AvgIpc) is 2.36. The predicted octanol–water partition coefficient (Wildman–Crippen LogP) is 1.44. The van der Waals surface area contributed by atoms with Crippen LogP contribution in [0.2, 0.25) is 0 Å². The number of carbonyl (C=O) groups excluding carboxylic acids is 1. The van der Waals surface area contributed by atoms with E-state index in [-0.39, 0.29) is 19.1 Å². The summed E-state index contributed by atoms with van der Waals surface area (Å²) in [7, 11) is 0. The number of nitrogens with one attached hydrogen (secondary N) is 2. The van der Waals surface area contributed by atoms with Crippen molar-refractivity contribution in [2.75, 3.05) is 18.5 Å². The average molecular weight is 307 g/mol. The maximum absolute atomic E-state index is 12.8. The number of halogens is 3. The number of aldehydes is 1. The van der Waals surface area contributed by atoms with Crippen LogP contribution in [0.4, 0.5) is 18.9 Å². The number of nitrogens with zero attached hydrogens (tertiary/aromatic N) is 1. The van der Waals surface area contributed by atoms with E-state index in [1.807, 2.05) is 0 Å². The Labute approximate surface area is 118 Å². The molecule has 0 radical (unpaired) electrons. The summed E-state index contributed by atoms with van der Waals surface area (Å²) in [5.74, 6) is -0.288. The molecule has 1 heterocycles. The lowest BCUT2D eigenvalue weighted by Crippen LogP contribution is -2.29. The van der Waals surface area contributed by atoms with Crippen LogP contribution in [0.5, 0.6) is 0 Å². The topological polar surface area (TPSA) is 84.1 Å². The summed E-state index contributed by atoms with van der Waals surface area (Å²) >= 11 is 0. The van der Waals surface area contributed by atoms with Crippen molar-refractivity contribution < 1.29 is 22.7 Å². The molecule has 0 aliphatic rings. The van der Waals surface area contributed by atoms with Crippen LogP contribution in [-0.4, -0.2) is 35.7 Å². The molecule has 0 aliphatic carbocycles. The molecule has 1 unspecified atom stereocenters. The SMILES string of the molecule is CC(C=O)COC[C@H](C)Nc1cn[nH]c(=O)c1C(F)(F)F. The van der Waals surface area contributed by atoms with Crippen LogP contribution < -0.4 is 10.9 Å². The van der Waals surface area contributed by atoms with E-state index in [2.05, 4.69) is 10.4 Å². The Hall–Kier alpha value is -1.90. The minimum Gasteiger partial charge on any atom is -0.379 e. The van der Waals surface area contributed by atoms with Gasteiger partial charge < -0.3 is 14.8 Å². The Balaban J connectivity index is 2.73. The van der Waals surface area contributed by atoms with Crippen LogP contribution in [0.3, 0.4) is 0 Å². The van der Waals surface area contributed by atoms with Crippen LogP contribution >= 0.6 is 0 Å². The van der Waals surface area contributed by atoms with Crippen molar-refractivity contribution in [2.24, 2.45) is 5.92 Å². The van der Waals surface area contributed by atoms with Crippen LogP contribution in [0.15, 0.2) is 11.0 Å². The minimum atomic E-state index is -4.79. The van der Waals surface area contributed by atoms with Gasteiger partial charge in [0.2, 0.25) is 0 Å². The standard InChI is InChI=1S/C12H16F3N3O3/c1-7(4-19)5-21-6-8(2)17-9-3-16-18-11(20)10(9)12(13,14)15/h3-4,7-8H,5-6H2,1-2H3,(H2,17,18,20)/t7?,8-/m0/s1. The summed E-state index contributed by atoms with van der Waals surface area (Å²) < 4.78 is 43.6. The van der Waals surface area contributed by atoms with Crippen molar-refractivity contribution in [2.45, 2.75) is 26.1 Å². The van der Waals surface area contributed by atoms with E-state index in [0.717, 1.165) is 12.5 Å². The maximum Gasteiger partial charge on any atom is 0.423 e. The van der Waals surface area contributed by atoms with E-state index in [4.69, 9.17) is 4.74 Å². The Morgan fingerprint density at radius 1 is 1.43 bits per heavy atom. The third kappa shape index (κ3) is 5.18. The molecule has 21 heavy (non-hydrogen) atoms. The number of carbonyl (C=O) groups is 1. The fourth-order valence-corrected chi connectivity index (χ4v) is 1.57. The predicted molar refractivity (Wildman–Crippen MR) is 69.0 cm³/mol. The molecule has 2 atom stereocenters. The summed E-state index contributed by atoms with van der Waals surface area (Å²) in [5, 5.41) is 7.63. The first-order valence-corrected chi connectivity index (χ1v) is 6.20. The zero-order chi connectivity index (χ0) is 16.0. The number of ether oxygens (including phenoxy) is 1. The van der Waals surface area contributed by atoms with Crippen molar-refractivity contribution in [1.82, 2.24) is 10.2 Å². The molecule has 0 saturated heterocycles. The molecular weight excluding hydrogens is 291 g/mol. The summed E-state index contributed by atoms with van der Waals surface area (Å²) in [6, 6.07) is -0.492. The van der Waals surface area contributed by atoms with Gasteiger partial charge in [0.1, 0.15) is 11.8 Å².